The molecular weight excluding hydrogens is 350 g/mol. The van der Waals surface area contributed by atoms with Crippen LogP contribution < -0.4 is 15.0 Å². The monoisotopic (exact) mass is 371 g/mol. The number of ether oxygens (including phenoxy) is 1. The summed E-state index contributed by atoms with van der Waals surface area (Å²) in [6.07, 6.45) is 0. The van der Waals surface area contributed by atoms with Gasteiger partial charge in [0.05, 0.1) is 18.6 Å². The van der Waals surface area contributed by atoms with Crippen LogP contribution in [0, 0.1) is 10.1 Å². The smallest absolute Gasteiger partial charge is 0.293 e. The van der Waals surface area contributed by atoms with Gasteiger partial charge in [-0.25, -0.2) is 0 Å². The van der Waals surface area contributed by atoms with E-state index in [1.807, 2.05) is 0 Å². The van der Waals surface area contributed by atoms with Gasteiger partial charge in [-0.2, -0.15) is 0 Å². The molecule has 2 aromatic rings. The molecule has 1 amide bonds. The van der Waals surface area contributed by atoms with Gasteiger partial charge in [0.15, 0.2) is 5.78 Å². The molecule has 0 aliphatic heterocycles. The third-order valence-corrected chi connectivity index (χ3v) is 4.01. The molecule has 8 heteroatoms. The number of Topliss-reactive ketones (excluding diaryl/α,β-unsaturated/α-hetero) is 1. The fraction of sp³-hybridized carbons (Fsp3) is 0.263. The zero-order valence-corrected chi connectivity index (χ0v) is 15.4. The Morgan fingerprint density at radius 2 is 1.85 bits per heavy atom. The van der Waals surface area contributed by atoms with Gasteiger partial charge in [-0.15, -0.1) is 0 Å². The summed E-state index contributed by atoms with van der Waals surface area (Å²) in [5, 5.41) is 14.2. The number of rotatable bonds is 8. The van der Waals surface area contributed by atoms with Crippen LogP contribution in [-0.4, -0.2) is 36.8 Å². The highest BCUT2D eigenvalue weighted by atomic mass is 16.6. The Labute approximate surface area is 156 Å². The van der Waals surface area contributed by atoms with Crippen molar-refractivity contribution in [3.63, 3.8) is 0 Å². The molecule has 0 bridgehead atoms. The maximum Gasteiger partial charge on any atom is 0.293 e. The molecule has 2 rings (SSSR count). The second-order valence-corrected chi connectivity index (χ2v) is 5.81. The Kier molecular flexibility index (Phi) is 6.48. The molecule has 142 valence electrons. The molecule has 0 fully saturated rings. The summed E-state index contributed by atoms with van der Waals surface area (Å²) < 4.78 is 5.07. The van der Waals surface area contributed by atoms with Crippen LogP contribution in [-0.2, 0) is 4.79 Å². The van der Waals surface area contributed by atoms with E-state index < -0.39 is 4.92 Å². The Morgan fingerprint density at radius 1 is 1.19 bits per heavy atom. The van der Waals surface area contributed by atoms with Crippen molar-refractivity contribution >= 4 is 28.8 Å². The first-order chi connectivity index (χ1) is 12.8. The van der Waals surface area contributed by atoms with Gasteiger partial charge in [0.25, 0.3) is 5.69 Å². The van der Waals surface area contributed by atoms with Crippen molar-refractivity contribution in [2.75, 3.05) is 30.4 Å². The van der Waals surface area contributed by atoms with Crippen molar-refractivity contribution in [3.8, 4) is 5.75 Å². The molecule has 27 heavy (non-hydrogen) atoms. The van der Waals surface area contributed by atoms with Gasteiger partial charge in [0, 0.05) is 23.9 Å². The average Bonchev–Trinajstić information content (AvgIpc) is 2.66. The Balaban J connectivity index is 2.19. The number of benzene rings is 2. The number of ketones is 1. The van der Waals surface area contributed by atoms with Crippen LogP contribution in [0.25, 0.3) is 0 Å². The number of carbonyl (C=O) groups is 2. The average molecular weight is 371 g/mol. The van der Waals surface area contributed by atoms with E-state index in [0.717, 1.165) is 0 Å². The van der Waals surface area contributed by atoms with Gasteiger partial charge in [-0.3, -0.25) is 19.7 Å². The Hall–Kier alpha value is -3.42. The second-order valence-electron chi connectivity index (χ2n) is 5.81. The number of nitro groups is 1. The maximum atomic E-state index is 12.4. The number of anilines is 2. The number of hydrogen-bond donors (Lipinski definition) is 1. The van der Waals surface area contributed by atoms with Gasteiger partial charge >= 0.3 is 0 Å². The number of likely N-dealkylation sites (N-methyl/N-ethyl adjacent to an activating group) is 1. The molecule has 0 unspecified atom stereocenters. The number of carbonyl (C=O) groups excluding carboxylic acids is 2. The topological polar surface area (TPSA) is 102 Å². The van der Waals surface area contributed by atoms with Crippen molar-refractivity contribution in [2.45, 2.75) is 13.8 Å². The Morgan fingerprint density at radius 3 is 2.37 bits per heavy atom. The van der Waals surface area contributed by atoms with Crippen molar-refractivity contribution in [2.24, 2.45) is 0 Å². The normalized spacial score (nSPS) is 10.2. The van der Waals surface area contributed by atoms with E-state index in [1.165, 1.54) is 25.1 Å². The molecular formula is C19H21N3O5. The van der Waals surface area contributed by atoms with Crippen LogP contribution in [0.2, 0.25) is 0 Å². The van der Waals surface area contributed by atoms with E-state index in [-0.39, 0.29) is 35.2 Å². The largest absolute Gasteiger partial charge is 0.497 e. The highest BCUT2D eigenvalue weighted by molar-refractivity contribution is 5.97. The number of methoxy groups -OCH3 is 1. The van der Waals surface area contributed by atoms with Gasteiger partial charge < -0.3 is 15.0 Å². The standard InChI is InChI=1S/C19H21N3O5/c1-4-21(12-19(24)20-15-6-8-16(27-3)9-7-15)17-10-5-14(13(2)23)11-18(17)22(25)26/h5-11H,4,12H2,1-3H3,(H,20,24). The van der Waals surface area contributed by atoms with E-state index in [0.29, 0.717) is 18.0 Å². The maximum absolute atomic E-state index is 12.4. The quantitative estimate of drug-likeness (QED) is 0.434. The molecule has 0 aliphatic rings. The van der Waals surface area contributed by atoms with Crippen LogP contribution in [0.1, 0.15) is 24.2 Å². The van der Waals surface area contributed by atoms with E-state index in [2.05, 4.69) is 5.32 Å². The zero-order chi connectivity index (χ0) is 20.0. The third-order valence-electron chi connectivity index (χ3n) is 4.01. The fourth-order valence-electron chi connectivity index (χ4n) is 2.57. The molecule has 0 heterocycles. The minimum Gasteiger partial charge on any atom is -0.497 e. The lowest BCUT2D eigenvalue weighted by atomic mass is 10.1. The number of amides is 1. The predicted molar refractivity (Wildman–Crippen MR) is 103 cm³/mol. The van der Waals surface area contributed by atoms with Crippen molar-refractivity contribution in [3.05, 3.63) is 58.1 Å². The molecule has 0 saturated carbocycles. The zero-order valence-electron chi connectivity index (χ0n) is 15.4. The van der Waals surface area contributed by atoms with Crippen LogP contribution in [0.15, 0.2) is 42.5 Å². The van der Waals surface area contributed by atoms with E-state index in [4.69, 9.17) is 4.74 Å². The van der Waals surface area contributed by atoms with Crippen LogP contribution in [0.5, 0.6) is 5.75 Å². The second kappa shape index (κ2) is 8.79. The summed E-state index contributed by atoms with van der Waals surface area (Å²) in [5.74, 6) is 0.0984. The van der Waals surface area contributed by atoms with E-state index in [1.54, 1.807) is 43.2 Å². The molecule has 0 atom stereocenters. The number of nitrogens with one attached hydrogen (secondary N) is 1. The lowest BCUT2D eigenvalue weighted by Crippen LogP contribution is -2.33. The number of nitrogens with zero attached hydrogens (tertiary/aromatic N) is 2. The van der Waals surface area contributed by atoms with Gasteiger partial charge in [-0.1, -0.05) is 0 Å². The lowest BCUT2D eigenvalue weighted by Gasteiger charge is -2.22. The number of nitro benzene ring substituents is 1. The first-order valence-electron chi connectivity index (χ1n) is 8.34. The SMILES string of the molecule is CCN(CC(=O)Nc1ccc(OC)cc1)c1ccc(C(C)=O)cc1[N+](=O)[O-]. The molecule has 2 aromatic carbocycles. The Bertz CT molecular complexity index is 849. The molecule has 0 saturated heterocycles. The van der Waals surface area contributed by atoms with Crippen molar-refractivity contribution in [1.82, 2.24) is 0 Å². The summed E-state index contributed by atoms with van der Waals surface area (Å²) in [4.78, 5) is 36.3. The lowest BCUT2D eigenvalue weighted by molar-refractivity contribution is -0.384. The third kappa shape index (κ3) is 5.04. The summed E-state index contributed by atoms with van der Waals surface area (Å²) in [7, 11) is 1.55. The minimum atomic E-state index is -0.550. The summed E-state index contributed by atoms with van der Waals surface area (Å²) in [6, 6.07) is 11.1. The highest BCUT2D eigenvalue weighted by Crippen LogP contribution is 2.29. The van der Waals surface area contributed by atoms with Crippen LogP contribution >= 0.6 is 0 Å². The van der Waals surface area contributed by atoms with Crippen molar-refractivity contribution < 1.29 is 19.2 Å². The first kappa shape index (κ1) is 19.9. The summed E-state index contributed by atoms with van der Waals surface area (Å²) in [5.41, 5.74) is 0.932. The summed E-state index contributed by atoms with van der Waals surface area (Å²) >= 11 is 0. The predicted octanol–water partition coefficient (Wildman–Crippen LogP) is 3.27. The van der Waals surface area contributed by atoms with Crippen molar-refractivity contribution in [1.29, 1.82) is 0 Å². The van der Waals surface area contributed by atoms with E-state index in [9.17, 15) is 19.7 Å². The molecule has 1 N–H and O–H groups in total. The summed E-state index contributed by atoms with van der Waals surface area (Å²) in [6.45, 7) is 3.46. The van der Waals surface area contributed by atoms with Gasteiger partial charge in [-0.05, 0) is 50.2 Å². The fourth-order valence-corrected chi connectivity index (χ4v) is 2.57. The molecule has 0 spiro atoms. The number of hydrogen-bond acceptors (Lipinski definition) is 6. The van der Waals surface area contributed by atoms with Crippen LogP contribution in [0.4, 0.5) is 17.1 Å². The molecule has 8 nitrogen and oxygen atoms in total. The van der Waals surface area contributed by atoms with E-state index >= 15 is 0 Å². The minimum absolute atomic E-state index is 0.0667. The van der Waals surface area contributed by atoms with Crippen LogP contribution in [0.3, 0.4) is 0 Å². The molecule has 0 aromatic heterocycles. The molecule has 0 aliphatic carbocycles. The molecule has 0 radical (unpaired) electrons. The first-order valence-corrected chi connectivity index (χ1v) is 8.34. The van der Waals surface area contributed by atoms with Gasteiger partial charge in [0.2, 0.25) is 5.91 Å². The highest BCUT2D eigenvalue weighted by Gasteiger charge is 2.22. The van der Waals surface area contributed by atoms with Gasteiger partial charge in [0.1, 0.15) is 11.4 Å².